The Labute approximate surface area is 96.5 Å². The number of hydrogen-bond acceptors (Lipinski definition) is 4. The van der Waals surface area contributed by atoms with E-state index in [1.54, 1.807) is 0 Å². The van der Waals surface area contributed by atoms with Gasteiger partial charge in [-0.2, -0.15) is 0 Å². The zero-order chi connectivity index (χ0) is 9.97. The summed E-state index contributed by atoms with van der Waals surface area (Å²) in [5.41, 5.74) is 2.09. The van der Waals surface area contributed by atoms with Crippen LogP contribution in [0.1, 0.15) is 11.4 Å². The van der Waals surface area contributed by atoms with E-state index in [4.69, 9.17) is 0 Å². The summed E-state index contributed by atoms with van der Waals surface area (Å²) < 4.78 is 0. The van der Waals surface area contributed by atoms with Crippen molar-refractivity contribution in [2.75, 3.05) is 31.1 Å². The molecule has 0 spiro atoms. The van der Waals surface area contributed by atoms with Crippen LogP contribution < -0.4 is 10.2 Å². The molecule has 1 aromatic rings. The highest BCUT2D eigenvalue weighted by Gasteiger charge is 2.13. The topological polar surface area (TPSA) is 41.1 Å². The van der Waals surface area contributed by atoms with E-state index in [1.807, 2.05) is 19.9 Å². The van der Waals surface area contributed by atoms with Crippen molar-refractivity contribution in [2.24, 2.45) is 0 Å². The molecule has 1 saturated heterocycles. The normalized spacial score (nSPS) is 16.0. The van der Waals surface area contributed by atoms with Gasteiger partial charge in [-0.05, 0) is 19.9 Å². The van der Waals surface area contributed by atoms with Crippen molar-refractivity contribution in [3.63, 3.8) is 0 Å². The van der Waals surface area contributed by atoms with E-state index in [9.17, 15) is 0 Å². The molecule has 0 aliphatic carbocycles. The van der Waals surface area contributed by atoms with Crippen LogP contribution in [0.3, 0.4) is 0 Å². The van der Waals surface area contributed by atoms with Crippen LogP contribution in [0.2, 0.25) is 0 Å². The monoisotopic (exact) mass is 228 g/mol. The Bertz CT molecular complexity index is 303. The predicted octanol–water partition coefficient (Wildman–Crippen LogP) is 0.925. The number of rotatable bonds is 1. The van der Waals surface area contributed by atoms with Crippen molar-refractivity contribution in [1.82, 2.24) is 15.3 Å². The second-order valence-corrected chi connectivity index (χ2v) is 3.69. The van der Waals surface area contributed by atoms with Gasteiger partial charge in [0.15, 0.2) is 0 Å². The zero-order valence-electron chi connectivity index (χ0n) is 9.16. The predicted molar refractivity (Wildman–Crippen MR) is 63.8 cm³/mol. The van der Waals surface area contributed by atoms with Crippen molar-refractivity contribution < 1.29 is 0 Å². The van der Waals surface area contributed by atoms with Crippen LogP contribution in [0, 0.1) is 13.8 Å². The molecule has 0 unspecified atom stereocenters. The number of halogens is 1. The van der Waals surface area contributed by atoms with Crippen molar-refractivity contribution in [3.05, 3.63) is 17.5 Å². The largest absolute Gasteiger partial charge is 0.338 e. The standard InChI is InChI=1S/C10H16N4.ClH/c1-8-7-9(2)13-10(12-8)14-5-3-11-4-6-14;/h7,11H,3-6H2,1-2H3;1H. The number of anilines is 1. The van der Waals surface area contributed by atoms with Crippen molar-refractivity contribution in [2.45, 2.75) is 13.8 Å². The van der Waals surface area contributed by atoms with Gasteiger partial charge in [0.2, 0.25) is 5.95 Å². The lowest BCUT2D eigenvalue weighted by molar-refractivity contribution is 0.578. The van der Waals surface area contributed by atoms with Crippen LogP contribution in [-0.2, 0) is 0 Å². The number of hydrogen-bond donors (Lipinski definition) is 1. The Kier molecular flexibility index (Phi) is 4.29. The molecule has 2 rings (SSSR count). The number of nitrogens with zero attached hydrogens (tertiary/aromatic N) is 3. The van der Waals surface area contributed by atoms with Gasteiger partial charge in [-0.1, -0.05) is 0 Å². The van der Waals surface area contributed by atoms with Crippen LogP contribution in [0.25, 0.3) is 0 Å². The molecule has 0 amide bonds. The van der Waals surface area contributed by atoms with Crippen molar-refractivity contribution in [1.29, 1.82) is 0 Å². The lowest BCUT2D eigenvalue weighted by Gasteiger charge is -2.27. The summed E-state index contributed by atoms with van der Waals surface area (Å²) >= 11 is 0. The first-order valence-corrected chi connectivity index (χ1v) is 5.03. The third-order valence-electron chi connectivity index (χ3n) is 2.37. The minimum absolute atomic E-state index is 0. The van der Waals surface area contributed by atoms with Crippen LogP contribution >= 0.6 is 12.4 Å². The molecule has 1 aromatic heterocycles. The fraction of sp³-hybridized carbons (Fsp3) is 0.600. The minimum atomic E-state index is 0. The van der Waals surface area contributed by atoms with Crippen molar-refractivity contribution in [3.8, 4) is 0 Å². The summed E-state index contributed by atoms with van der Waals surface area (Å²) in [6, 6.07) is 2.01. The summed E-state index contributed by atoms with van der Waals surface area (Å²) in [5.74, 6) is 0.879. The Morgan fingerprint density at radius 3 is 2.20 bits per heavy atom. The third-order valence-corrected chi connectivity index (χ3v) is 2.37. The van der Waals surface area contributed by atoms with E-state index < -0.39 is 0 Å². The smallest absolute Gasteiger partial charge is 0.225 e. The zero-order valence-corrected chi connectivity index (χ0v) is 9.97. The molecular weight excluding hydrogens is 212 g/mol. The van der Waals surface area contributed by atoms with Gasteiger partial charge < -0.3 is 10.2 Å². The summed E-state index contributed by atoms with van der Waals surface area (Å²) in [6.07, 6.45) is 0. The molecule has 1 aliphatic heterocycles. The highest BCUT2D eigenvalue weighted by molar-refractivity contribution is 5.85. The first kappa shape index (κ1) is 12.2. The van der Waals surface area contributed by atoms with Gasteiger partial charge in [-0.15, -0.1) is 12.4 Å². The van der Waals surface area contributed by atoms with Gasteiger partial charge in [0.05, 0.1) is 0 Å². The molecule has 1 aliphatic rings. The maximum atomic E-state index is 4.44. The number of aromatic nitrogens is 2. The summed E-state index contributed by atoms with van der Waals surface area (Å²) in [4.78, 5) is 11.1. The number of aryl methyl sites for hydroxylation is 2. The van der Waals surface area contributed by atoms with Crippen LogP contribution in [0.5, 0.6) is 0 Å². The Morgan fingerprint density at radius 1 is 1.13 bits per heavy atom. The Morgan fingerprint density at radius 2 is 1.67 bits per heavy atom. The molecule has 1 N–H and O–H groups in total. The molecule has 1 fully saturated rings. The van der Waals surface area contributed by atoms with Crippen LogP contribution in [0.15, 0.2) is 6.07 Å². The van der Waals surface area contributed by atoms with Gasteiger partial charge in [0, 0.05) is 37.6 Å². The highest BCUT2D eigenvalue weighted by atomic mass is 35.5. The molecule has 0 saturated carbocycles. The van der Waals surface area contributed by atoms with E-state index in [1.165, 1.54) is 0 Å². The maximum absolute atomic E-state index is 4.44. The molecule has 15 heavy (non-hydrogen) atoms. The van der Waals surface area contributed by atoms with E-state index in [-0.39, 0.29) is 12.4 Å². The van der Waals surface area contributed by atoms with Gasteiger partial charge in [0.1, 0.15) is 0 Å². The van der Waals surface area contributed by atoms with E-state index in [0.29, 0.717) is 0 Å². The maximum Gasteiger partial charge on any atom is 0.225 e. The third kappa shape index (κ3) is 3.04. The lowest BCUT2D eigenvalue weighted by Crippen LogP contribution is -2.44. The van der Waals surface area contributed by atoms with E-state index in [0.717, 1.165) is 43.5 Å². The minimum Gasteiger partial charge on any atom is -0.338 e. The van der Waals surface area contributed by atoms with Gasteiger partial charge in [0.25, 0.3) is 0 Å². The van der Waals surface area contributed by atoms with Crippen LogP contribution in [-0.4, -0.2) is 36.1 Å². The second kappa shape index (κ2) is 5.28. The molecule has 84 valence electrons. The van der Waals surface area contributed by atoms with E-state index in [2.05, 4.69) is 20.2 Å². The van der Waals surface area contributed by atoms with E-state index >= 15 is 0 Å². The van der Waals surface area contributed by atoms with Crippen molar-refractivity contribution >= 4 is 18.4 Å². The highest BCUT2D eigenvalue weighted by Crippen LogP contribution is 2.10. The fourth-order valence-corrected chi connectivity index (χ4v) is 1.71. The van der Waals surface area contributed by atoms with Crippen LogP contribution in [0.4, 0.5) is 5.95 Å². The quantitative estimate of drug-likeness (QED) is 0.777. The number of nitrogens with one attached hydrogen (secondary N) is 1. The molecule has 4 nitrogen and oxygen atoms in total. The SMILES string of the molecule is Cc1cc(C)nc(N2CCNCC2)n1.Cl. The molecule has 0 atom stereocenters. The first-order valence-electron chi connectivity index (χ1n) is 5.03. The summed E-state index contributed by atoms with van der Waals surface area (Å²) in [7, 11) is 0. The average Bonchev–Trinajstić information content (AvgIpc) is 2.18. The average molecular weight is 229 g/mol. The molecule has 0 aromatic carbocycles. The lowest BCUT2D eigenvalue weighted by atomic mass is 10.3. The molecule has 2 heterocycles. The Balaban J connectivity index is 0.00000112. The molecule has 5 heteroatoms. The molecule has 0 bridgehead atoms. The van der Waals surface area contributed by atoms with Gasteiger partial charge in [-0.3, -0.25) is 0 Å². The van der Waals surface area contributed by atoms with Gasteiger partial charge >= 0.3 is 0 Å². The fourth-order valence-electron chi connectivity index (χ4n) is 1.71. The molecule has 0 radical (unpaired) electrons. The molecular formula is C10H17ClN4. The second-order valence-electron chi connectivity index (χ2n) is 3.69. The summed E-state index contributed by atoms with van der Waals surface area (Å²) in [6.45, 7) is 8.08. The van der Waals surface area contributed by atoms with Gasteiger partial charge in [-0.25, -0.2) is 9.97 Å². The Hall–Kier alpha value is -0.870. The number of piperazine rings is 1. The first-order chi connectivity index (χ1) is 6.75. The summed E-state index contributed by atoms with van der Waals surface area (Å²) in [5, 5.41) is 3.32.